The molecule has 1 aliphatic carbocycles. The highest BCUT2D eigenvalue weighted by molar-refractivity contribution is 7.12. The van der Waals surface area contributed by atoms with Crippen molar-refractivity contribution in [2.24, 2.45) is 5.92 Å². The molecule has 4 rings (SSSR count). The van der Waals surface area contributed by atoms with E-state index in [4.69, 9.17) is 4.98 Å². The average Bonchev–Trinajstić information content (AvgIpc) is 3.35. The standard InChI is InChI=1S/C20H22N4OS/c1-13-7-9-15(10-8-13)17-12-26-20(21-17)24-18(11-14(2)23-24)22-19(25)16-5-3-4-6-16/h7-12,16H,3-6H2,1-2H3,(H,22,25). The molecule has 1 amide bonds. The summed E-state index contributed by atoms with van der Waals surface area (Å²) in [6.07, 6.45) is 4.24. The number of thiazole rings is 1. The van der Waals surface area contributed by atoms with Gasteiger partial charge in [-0.2, -0.15) is 9.78 Å². The topological polar surface area (TPSA) is 59.8 Å². The van der Waals surface area contributed by atoms with Gasteiger partial charge < -0.3 is 5.32 Å². The monoisotopic (exact) mass is 366 g/mol. The van der Waals surface area contributed by atoms with E-state index in [1.165, 1.54) is 16.9 Å². The molecule has 2 aromatic heterocycles. The van der Waals surface area contributed by atoms with Crippen molar-refractivity contribution in [3.8, 4) is 16.4 Å². The van der Waals surface area contributed by atoms with Gasteiger partial charge in [0.15, 0.2) is 0 Å². The van der Waals surface area contributed by atoms with Gasteiger partial charge >= 0.3 is 0 Å². The second-order valence-corrected chi connectivity index (χ2v) is 7.77. The molecule has 0 bridgehead atoms. The summed E-state index contributed by atoms with van der Waals surface area (Å²) >= 11 is 1.53. The fourth-order valence-corrected chi connectivity index (χ4v) is 4.16. The summed E-state index contributed by atoms with van der Waals surface area (Å²) in [5.74, 6) is 0.918. The maximum Gasteiger partial charge on any atom is 0.228 e. The Morgan fingerprint density at radius 2 is 1.92 bits per heavy atom. The minimum Gasteiger partial charge on any atom is -0.310 e. The van der Waals surface area contributed by atoms with E-state index >= 15 is 0 Å². The van der Waals surface area contributed by atoms with Gasteiger partial charge in [0, 0.05) is 22.9 Å². The molecule has 2 heterocycles. The summed E-state index contributed by atoms with van der Waals surface area (Å²) in [7, 11) is 0. The first-order chi connectivity index (χ1) is 12.6. The van der Waals surface area contributed by atoms with Crippen LogP contribution in [0.3, 0.4) is 0 Å². The van der Waals surface area contributed by atoms with Crippen molar-refractivity contribution in [2.45, 2.75) is 39.5 Å². The van der Waals surface area contributed by atoms with Gasteiger partial charge in [-0.05, 0) is 26.7 Å². The number of nitrogens with one attached hydrogen (secondary N) is 1. The van der Waals surface area contributed by atoms with E-state index in [0.29, 0.717) is 5.82 Å². The second kappa shape index (κ2) is 7.03. The molecule has 1 aliphatic rings. The highest BCUT2D eigenvalue weighted by Gasteiger charge is 2.24. The molecule has 0 spiro atoms. The summed E-state index contributed by atoms with van der Waals surface area (Å²) < 4.78 is 1.74. The second-order valence-electron chi connectivity index (χ2n) is 6.93. The van der Waals surface area contributed by atoms with Gasteiger partial charge in [-0.3, -0.25) is 4.79 Å². The smallest absolute Gasteiger partial charge is 0.228 e. The van der Waals surface area contributed by atoms with Gasteiger partial charge in [-0.1, -0.05) is 42.7 Å². The van der Waals surface area contributed by atoms with E-state index in [0.717, 1.165) is 47.8 Å². The molecule has 0 saturated heterocycles. The number of benzene rings is 1. The number of hydrogen-bond acceptors (Lipinski definition) is 4. The van der Waals surface area contributed by atoms with Crippen LogP contribution in [0.2, 0.25) is 0 Å². The number of aryl methyl sites for hydroxylation is 2. The number of carbonyl (C=O) groups is 1. The maximum absolute atomic E-state index is 12.5. The molecule has 1 N–H and O–H groups in total. The first kappa shape index (κ1) is 17.0. The summed E-state index contributed by atoms with van der Waals surface area (Å²) in [6.45, 7) is 4.00. The Kier molecular flexibility index (Phi) is 4.59. The quantitative estimate of drug-likeness (QED) is 0.725. The molecule has 26 heavy (non-hydrogen) atoms. The van der Waals surface area contributed by atoms with Crippen molar-refractivity contribution in [1.29, 1.82) is 0 Å². The lowest BCUT2D eigenvalue weighted by Crippen LogP contribution is -2.22. The fraction of sp³-hybridized carbons (Fsp3) is 0.350. The minimum atomic E-state index is 0.0963. The van der Waals surface area contributed by atoms with Crippen molar-refractivity contribution in [2.75, 3.05) is 5.32 Å². The normalized spacial score (nSPS) is 14.7. The van der Waals surface area contributed by atoms with Crippen LogP contribution in [-0.2, 0) is 4.79 Å². The zero-order valence-electron chi connectivity index (χ0n) is 15.0. The summed E-state index contributed by atoms with van der Waals surface area (Å²) in [6, 6.07) is 10.2. The molecule has 5 nitrogen and oxygen atoms in total. The van der Waals surface area contributed by atoms with Crippen molar-refractivity contribution < 1.29 is 4.79 Å². The largest absolute Gasteiger partial charge is 0.310 e. The lowest BCUT2D eigenvalue weighted by molar-refractivity contribution is -0.119. The Morgan fingerprint density at radius 1 is 1.19 bits per heavy atom. The van der Waals surface area contributed by atoms with Gasteiger partial charge in [0.2, 0.25) is 11.0 Å². The molecule has 1 fully saturated rings. The third-order valence-electron chi connectivity index (χ3n) is 4.83. The van der Waals surface area contributed by atoms with Gasteiger partial charge in [-0.15, -0.1) is 11.3 Å². The first-order valence-corrected chi connectivity index (χ1v) is 9.88. The minimum absolute atomic E-state index is 0.0963. The molecule has 0 unspecified atom stereocenters. The first-order valence-electron chi connectivity index (χ1n) is 9.00. The summed E-state index contributed by atoms with van der Waals surface area (Å²) in [5, 5.41) is 10.4. The molecule has 0 atom stereocenters. The third-order valence-corrected chi connectivity index (χ3v) is 5.65. The molecule has 3 aromatic rings. The Balaban J connectivity index is 1.60. The van der Waals surface area contributed by atoms with Crippen molar-refractivity contribution in [1.82, 2.24) is 14.8 Å². The van der Waals surface area contributed by atoms with Crippen LogP contribution in [-0.4, -0.2) is 20.7 Å². The number of carbonyl (C=O) groups excluding carboxylic acids is 1. The molecule has 1 aromatic carbocycles. The van der Waals surface area contributed by atoms with E-state index in [2.05, 4.69) is 41.6 Å². The lowest BCUT2D eigenvalue weighted by atomic mass is 10.1. The predicted molar refractivity (Wildman–Crippen MR) is 105 cm³/mol. The van der Waals surface area contributed by atoms with Gasteiger partial charge in [0.05, 0.1) is 11.4 Å². The number of anilines is 1. The SMILES string of the molecule is Cc1ccc(-c2csc(-n3nc(C)cc3NC(=O)C3CCCC3)n2)cc1. The highest BCUT2D eigenvalue weighted by atomic mass is 32.1. The van der Waals surface area contributed by atoms with Crippen molar-refractivity contribution in [3.05, 3.63) is 47.0 Å². The number of nitrogens with zero attached hydrogens (tertiary/aromatic N) is 3. The molecule has 1 saturated carbocycles. The van der Waals surface area contributed by atoms with Crippen LogP contribution in [0.25, 0.3) is 16.4 Å². The number of hydrogen-bond donors (Lipinski definition) is 1. The Labute approximate surface area is 157 Å². The van der Waals surface area contributed by atoms with Crippen LogP contribution in [0.1, 0.15) is 36.9 Å². The Bertz CT molecular complexity index is 920. The average molecular weight is 366 g/mol. The maximum atomic E-state index is 12.5. The van der Waals surface area contributed by atoms with E-state index in [-0.39, 0.29) is 11.8 Å². The van der Waals surface area contributed by atoms with E-state index in [1.54, 1.807) is 4.68 Å². The molecule has 6 heteroatoms. The van der Waals surface area contributed by atoms with Crippen molar-refractivity contribution >= 4 is 23.1 Å². The lowest BCUT2D eigenvalue weighted by Gasteiger charge is -2.10. The molecule has 134 valence electrons. The predicted octanol–water partition coefficient (Wildman–Crippen LogP) is 4.74. The fourth-order valence-electron chi connectivity index (χ4n) is 3.37. The Morgan fingerprint density at radius 3 is 2.65 bits per heavy atom. The number of aromatic nitrogens is 3. The molecule has 0 aliphatic heterocycles. The van der Waals surface area contributed by atoms with Crippen LogP contribution < -0.4 is 5.32 Å². The van der Waals surface area contributed by atoms with Crippen LogP contribution in [0.5, 0.6) is 0 Å². The van der Waals surface area contributed by atoms with Crippen LogP contribution in [0.15, 0.2) is 35.7 Å². The van der Waals surface area contributed by atoms with Crippen molar-refractivity contribution in [3.63, 3.8) is 0 Å². The van der Waals surface area contributed by atoms with Gasteiger partial charge in [0.25, 0.3) is 0 Å². The van der Waals surface area contributed by atoms with Crippen LogP contribution in [0, 0.1) is 19.8 Å². The van der Waals surface area contributed by atoms with E-state index in [9.17, 15) is 4.79 Å². The zero-order chi connectivity index (χ0) is 18.1. The molecular weight excluding hydrogens is 344 g/mol. The third kappa shape index (κ3) is 3.42. The van der Waals surface area contributed by atoms with Crippen LogP contribution in [0.4, 0.5) is 5.82 Å². The van der Waals surface area contributed by atoms with E-state index in [1.807, 2.05) is 18.4 Å². The molecule has 0 radical (unpaired) electrons. The van der Waals surface area contributed by atoms with Crippen LogP contribution >= 0.6 is 11.3 Å². The zero-order valence-corrected chi connectivity index (χ0v) is 15.8. The van der Waals surface area contributed by atoms with Gasteiger partial charge in [0.1, 0.15) is 5.82 Å². The molecular formula is C20H22N4OS. The number of amides is 1. The summed E-state index contributed by atoms with van der Waals surface area (Å²) in [4.78, 5) is 17.2. The number of rotatable bonds is 4. The Hall–Kier alpha value is -2.47. The summed E-state index contributed by atoms with van der Waals surface area (Å²) in [5.41, 5.74) is 4.09. The highest BCUT2D eigenvalue weighted by Crippen LogP contribution is 2.29. The van der Waals surface area contributed by atoms with E-state index < -0.39 is 0 Å². The van der Waals surface area contributed by atoms with Gasteiger partial charge in [-0.25, -0.2) is 4.98 Å².